The number of nitrogens with zero attached hydrogens (tertiary/aromatic N) is 1. The van der Waals surface area contributed by atoms with E-state index in [9.17, 15) is 4.79 Å². The van der Waals surface area contributed by atoms with Gasteiger partial charge in [-0.2, -0.15) is 0 Å². The van der Waals surface area contributed by atoms with Crippen LogP contribution in [0, 0.1) is 5.92 Å². The lowest BCUT2D eigenvalue weighted by Gasteiger charge is -2.30. The van der Waals surface area contributed by atoms with Gasteiger partial charge in [0.25, 0.3) is 0 Å². The molecule has 0 saturated carbocycles. The van der Waals surface area contributed by atoms with Gasteiger partial charge in [-0.3, -0.25) is 9.78 Å². The first-order chi connectivity index (χ1) is 13.3. The van der Waals surface area contributed by atoms with Crippen molar-refractivity contribution in [1.29, 1.82) is 0 Å². The van der Waals surface area contributed by atoms with E-state index in [2.05, 4.69) is 10.3 Å². The number of rotatable bonds is 5. The molecule has 0 spiro atoms. The van der Waals surface area contributed by atoms with Crippen molar-refractivity contribution in [3.63, 3.8) is 0 Å². The number of carbonyl (C=O) groups excluding carboxylic acids is 1. The van der Waals surface area contributed by atoms with Crippen molar-refractivity contribution in [3.05, 3.63) is 59.9 Å². The van der Waals surface area contributed by atoms with Crippen LogP contribution < -0.4 is 14.8 Å². The van der Waals surface area contributed by atoms with Crippen LogP contribution in [0.4, 0.5) is 0 Å². The van der Waals surface area contributed by atoms with Crippen LogP contribution in [-0.2, 0) is 9.53 Å². The molecule has 3 heterocycles. The number of hydrogen-bond donors (Lipinski definition) is 1. The van der Waals surface area contributed by atoms with E-state index in [0.717, 1.165) is 42.9 Å². The Bertz CT molecular complexity index is 816. The standard InChI is InChI=1S/C21H22N2O4/c24-20(6-4-15-3-5-18-19(12-15)27-14-26-18)23-21(16-7-10-25-11-8-16)17-2-1-9-22-13-17/h1-6,9,12-13,16,21H,7-8,10-11,14H2,(H,23,24). The van der Waals surface area contributed by atoms with Crippen LogP contribution in [0.3, 0.4) is 0 Å². The molecule has 0 radical (unpaired) electrons. The summed E-state index contributed by atoms with van der Waals surface area (Å²) in [4.78, 5) is 16.8. The van der Waals surface area contributed by atoms with Gasteiger partial charge in [-0.15, -0.1) is 0 Å². The highest BCUT2D eigenvalue weighted by Crippen LogP contribution is 2.33. The molecule has 0 bridgehead atoms. The van der Waals surface area contributed by atoms with E-state index in [-0.39, 0.29) is 18.7 Å². The van der Waals surface area contributed by atoms with Gasteiger partial charge in [0, 0.05) is 31.7 Å². The van der Waals surface area contributed by atoms with Crippen LogP contribution in [0.15, 0.2) is 48.8 Å². The van der Waals surface area contributed by atoms with Gasteiger partial charge < -0.3 is 19.5 Å². The first kappa shape index (κ1) is 17.5. The topological polar surface area (TPSA) is 69.7 Å². The number of pyridine rings is 1. The average Bonchev–Trinajstić information content (AvgIpc) is 3.20. The molecule has 2 aromatic rings. The van der Waals surface area contributed by atoms with Crippen LogP contribution in [0.1, 0.15) is 30.0 Å². The number of nitrogens with one attached hydrogen (secondary N) is 1. The van der Waals surface area contributed by atoms with Crippen molar-refractivity contribution in [1.82, 2.24) is 10.3 Å². The molecule has 6 nitrogen and oxygen atoms in total. The molecule has 4 rings (SSSR count). The third-order valence-electron chi connectivity index (χ3n) is 4.90. The van der Waals surface area contributed by atoms with E-state index in [1.54, 1.807) is 18.3 Å². The predicted molar refractivity (Wildman–Crippen MR) is 100 cm³/mol. The van der Waals surface area contributed by atoms with Gasteiger partial charge in [0.1, 0.15) is 0 Å². The number of fused-ring (bicyclic) bond motifs is 1. The van der Waals surface area contributed by atoms with Gasteiger partial charge in [0.05, 0.1) is 6.04 Å². The van der Waals surface area contributed by atoms with E-state index in [1.807, 2.05) is 36.5 Å². The summed E-state index contributed by atoms with van der Waals surface area (Å²) < 4.78 is 16.1. The van der Waals surface area contributed by atoms with Crippen LogP contribution in [0.25, 0.3) is 6.08 Å². The van der Waals surface area contributed by atoms with Gasteiger partial charge in [0.2, 0.25) is 12.7 Å². The summed E-state index contributed by atoms with van der Waals surface area (Å²) in [5, 5.41) is 3.15. The number of benzene rings is 1. The SMILES string of the molecule is O=C(C=Cc1ccc2c(c1)OCO2)NC(c1cccnc1)C1CCOCC1. The molecule has 6 heteroatoms. The molecule has 1 aromatic heterocycles. The lowest BCUT2D eigenvalue weighted by Crippen LogP contribution is -2.35. The number of hydrogen-bond acceptors (Lipinski definition) is 5. The third kappa shape index (κ3) is 4.28. The van der Waals surface area contributed by atoms with E-state index < -0.39 is 0 Å². The van der Waals surface area contributed by atoms with Gasteiger partial charge >= 0.3 is 0 Å². The minimum absolute atomic E-state index is 0.0727. The van der Waals surface area contributed by atoms with Crippen molar-refractivity contribution in [3.8, 4) is 11.5 Å². The molecule has 1 aromatic carbocycles. The van der Waals surface area contributed by atoms with Crippen LogP contribution in [-0.4, -0.2) is 30.9 Å². The largest absolute Gasteiger partial charge is 0.454 e. The molecule has 2 aliphatic heterocycles. The summed E-state index contributed by atoms with van der Waals surface area (Å²) in [6, 6.07) is 9.44. The lowest BCUT2D eigenvalue weighted by molar-refractivity contribution is -0.117. The fourth-order valence-corrected chi connectivity index (χ4v) is 3.47. The molecular formula is C21H22N2O4. The molecule has 1 unspecified atom stereocenters. The van der Waals surface area contributed by atoms with Gasteiger partial charge in [-0.1, -0.05) is 12.1 Å². The third-order valence-corrected chi connectivity index (χ3v) is 4.90. The number of aromatic nitrogens is 1. The van der Waals surface area contributed by atoms with Gasteiger partial charge in [-0.05, 0) is 54.2 Å². The molecule has 27 heavy (non-hydrogen) atoms. The molecule has 0 aliphatic carbocycles. The molecule has 2 aliphatic rings. The molecule has 1 N–H and O–H groups in total. The second-order valence-electron chi connectivity index (χ2n) is 6.67. The Morgan fingerprint density at radius 3 is 2.85 bits per heavy atom. The van der Waals surface area contributed by atoms with Gasteiger partial charge in [-0.25, -0.2) is 0 Å². The van der Waals surface area contributed by atoms with Crippen LogP contribution >= 0.6 is 0 Å². The molecular weight excluding hydrogens is 344 g/mol. The highest BCUT2D eigenvalue weighted by atomic mass is 16.7. The summed E-state index contributed by atoms with van der Waals surface area (Å²) >= 11 is 0. The average molecular weight is 366 g/mol. The maximum Gasteiger partial charge on any atom is 0.244 e. The fraction of sp³-hybridized carbons (Fsp3) is 0.333. The van der Waals surface area contributed by atoms with E-state index >= 15 is 0 Å². The monoisotopic (exact) mass is 366 g/mol. The Kier molecular flexibility index (Phi) is 5.34. The van der Waals surface area contributed by atoms with E-state index in [0.29, 0.717) is 11.7 Å². The maximum absolute atomic E-state index is 12.6. The highest BCUT2D eigenvalue weighted by Gasteiger charge is 2.26. The predicted octanol–water partition coefficient (Wildman–Crippen LogP) is 3.11. The molecule has 1 saturated heterocycles. The zero-order valence-electron chi connectivity index (χ0n) is 15.0. The minimum Gasteiger partial charge on any atom is -0.454 e. The fourth-order valence-electron chi connectivity index (χ4n) is 3.47. The van der Waals surface area contributed by atoms with Crippen molar-refractivity contribution < 1.29 is 19.0 Å². The summed E-state index contributed by atoms with van der Waals surface area (Å²) in [5.74, 6) is 1.64. The normalized spacial score (nSPS) is 17.8. The zero-order chi connectivity index (χ0) is 18.5. The van der Waals surface area contributed by atoms with Crippen molar-refractivity contribution in [2.45, 2.75) is 18.9 Å². The van der Waals surface area contributed by atoms with Gasteiger partial charge in [0.15, 0.2) is 11.5 Å². The zero-order valence-corrected chi connectivity index (χ0v) is 15.0. The van der Waals surface area contributed by atoms with Crippen LogP contribution in [0.2, 0.25) is 0 Å². The van der Waals surface area contributed by atoms with Crippen molar-refractivity contribution >= 4 is 12.0 Å². The summed E-state index contributed by atoms with van der Waals surface area (Å²) in [6.45, 7) is 1.69. The summed E-state index contributed by atoms with van der Waals surface area (Å²) in [7, 11) is 0. The number of amides is 1. The molecule has 140 valence electrons. The Morgan fingerprint density at radius 1 is 1.19 bits per heavy atom. The Labute approximate surface area is 158 Å². The number of ether oxygens (including phenoxy) is 3. The first-order valence-electron chi connectivity index (χ1n) is 9.15. The summed E-state index contributed by atoms with van der Waals surface area (Å²) in [5.41, 5.74) is 1.91. The lowest BCUT2D eigenvalue weighted by atomic mass is 9.87. The summed E-state index contributed by atoms with van der Waals surface area (Å²) in [6.07, 6.45) is 8.74. The molecule has 1 fully saturated rings. The maximum atomic E-state index is 12.6. The molecule has 1 atom stereocenters. The number of carbonyl (C=O) groups is 1. The Balaban J connectivity index is 1.46. The van der Waals surface area contributed by atoms with Crippen molar-refractivity contribution in [2.75, 3.05) is 20.0 Å². The minimum atomic E-state index is -0.131. The smallest absolute Gasteiger partial charge is 0.244 e. The first-order valence-corrected chi connectivity index (χ1v) is 9.15. The van der Waals surface area contributed by atoms with E-state index in [1.165, 1.54) is 0 Å². The quantitative estimate of drug-likeness (QED) is 0.824. The van der Waals surface area contributed by atoms with E-state index in [4.69, 9.17) is 14.2 Å². The van der Waals surface area contributed by atoms with Crippen molar-refractivity contribution in [2.24, 2.45) is 5.92 Å². The Hall–Kier alpha value is -2.86. The molecule has 1 amide bonds. The second kappa shape index (κ2) is 8.22. The second-order valence-corrected chi connectivity index (χ2v) is 6.67. The van der Waals surface area contributed by atoms with Crippen LogP contribution in [0.5, 0.6) is 11.5 Å². The Morgan fingerprint density at radius 2 is 2.04 bits per heavy atom. The highest BCUT2D eigenvalue weighted by molar-refractivity contribution is 5.92.